The van der Waals surface area contributed by atoms with E-state index in [4.69, 9.17) is 16.3 Å². The van der Waals surface area contributed by atoms with E-state index in [2.05, 4.69) is 11.1 Å². The number of para-hydroxylation sites is 1. The molecule has 0 atom stereocenters. The Hall–Kier alpha value is -2.59. The number of halogens is 1. The Labute approximate surface area is 150 Å². The van der Waals surface area contributed by atoms with Crippen LogP contribution in [0.5, 0.6) is 0 Å². The Morgan fingerprint density at radius 2 is 1.80 bits per heavy atom. The van der Waals surface area contributed by atoms with Crippen molar-refractivity contribution in [2.45, 2.75) is 19.3 Å². The monoisotopic (exact) mass is 355 g/mol. The molecule has 3 rings (SSSR count). The summed E-state index contributed by atoms with van der Waals surface area (Å²) in [4.78, 5) is 27.1. The molecule has 0 fully saturated rings. The normalized spacial score (nSPS) is 10.8. The Balaban J connectivity index is 1.45. The molecular formula is C20H18ClNO3. The largest absolute Gasteiger partial charge is 0.457 e. The van der Waals surface area contributed by atoms with Crippen LogP contribution >= 0.6 is 11.6 Å². The number of ether oxygens (including phenoxy) is 1. The molecule has 0 spiro atoms. The third kappa shape index (κ3) is 4.28. The van der Waals surface area contributed by atoms with Crippen LogP contribution in [0, 0.1) is 0 Å². The summed E-state index contributed by atoms with van der Waals surface area (Å²) in [5.41, 5.74) is 2.64. The number of ketones is 1. The standard InChI is InChI=1S/C20H18ClNO3/c21-17-9-3-1-8-16(17)19(23)13-25-20(24)11-5-6-14-12-22-18-10-4-2-7-15(14)18/h1-4,7-10,12,22H,5-6,11,13H2. The fourth-order valence-corrected chi connectivity index (χ4v) is 2.99. The summed E-state index contributed by atoms with van der Waals surface area (Å²) in [7, 11) is 0. The Kier molecular flexibility index (Phi) is 5.51. The number of Topliss-reactive ketones (excluding diaryl/α,β-unsaturated/α-hetero) is 1. The summed E-state index contributed by atoms with van der Waals surface area (Å²) >= 11 is 5.96. The van der Waals surface area contributed by atoms with E-state index in [1.165, 1.54) is 10.9 Å². The van der Waals surface area contributed by atoms with Crippen LogP contribution in [0.1, 0.15) is 28.8 Å². The van der Waals surface area contributed by atoms with Crippen LogP contribution in [0.2, 0.25) is 5.02 Å². The lowest BCUT2D eigenvalue weighted by molar-refractivity contribution is -0.142. The molecule has 0 radical (unpaired) electrons. The molecule has 0 bridgehead atoms. The first-order valence-corrected chi connectivity index (χ1v) is 8.51. The third-order valence-corrected chi connectivity index (χ3v) is 4.37. The molecular weight excluding hydrogens is 338 g/mol. The molecule has 0 aliphatic rings. The molecule has 1 N–H and O–H groups in total. The van der Waals surface area contributed by atoms with Crippen LogP contribution in [-0.2, 0) is 16.0 Å². The van der Waals surface area contributed by atoms with Crippen molar-refractivity contribution in [2.75, 3.05) is 6.61 Å². The van der Waals surface area contributed by atoms with Gasteiger partial charge in [-0.05, 0) is 36.6 Å². The van der Waals surface area contributed by atoms with Crippen molar-refractivity contribution >= 4 is 34.3 Å². The van der Waals surface area contributed by atoms with E-state index >= 15 is 0 Å². The Morgan fingerprint density at radius 3 is 2.64 bits per heavy atom. The maximum Gasteiger partial charge on any atom is 0.306 e. The first-order valence-electron chi connectivity index (χ1n) is 8.13. The molecule has 0 unspecified atom stereocenters. The van der Waals surface area contributed by atoms with Crippen molar-refractivity contribution in [2.24, 2.45) is 0 Å². The second-order valence-electron chi connectivity index (χ2n) is 5.78. The minimum absolute atomic E-state index is 0.273. The predicted molar refractivity (Wildman–Crippen MR) is 98.0 cm³/mol. The molecule has 3 aromatic rings. The van der Waals surface area contributed by atoms with E-state index in [0.29, 0.717) is 17.0 Å². The summed E-state index contributed by atoms with van der Waals surface area (Å²) in [6, 6.07) is 14.8. The molecule has 0 amide bonds. The van der Waals surface area contributed by atoms with E-state index < -0.39 is 0 Å². The van der Waals surface area contributed by atoms with E-state index in [1.807, 2.05) is 24.4 Å². The quantitative estimate of drug-likeness (QED) is 0.499. The summed E-state index contributed by atoms with van der Waals surface area (Å²) in [5, 5.41) is 1.53. The van der Waals surface area contributed by atoms with Gasteiger partial charge in [-0.3, -0.25) is 9.59 Å². The van der Waals surface area contributed by atoms with Gasteiger partial charge in [0.2, 0.25) is 5.78 Å². The minimum atomic E-state index is -0.375. The fraction of sp³-hybridized carbons (Fsp3) is 0.200. The van der Waals surface area contributed by atoms with Crippen LogP contribution in [-0.4, -0.2) is 23.3 Å². The first-order chi connectivity index (χ1) is 12.1. The number of aromatic amines is 1. The molecule has 128 valence electrons. The zero-order valence-electron chi connectivity index (χ0n) is 13.6. The maximum absolute atomic E-state index is 12.0. The van der Waals surface area contributed by atoms with E-state index in [0.717, 1.165) is 11.9 Å². The van der Waals surface area contributed by atoms with Gasteiger partial charge < -0.3 is 9.72 Å². The van der Waals surface area contributed by atoms with E-state index in [9.17, 15) is 9.59 Å². The molecule has 1 aromatic heterocycles. The predicted octanol–water partition coefficient (Wildman–Crippen LogP) is 4.57. The SMILES string of the molecule is O=C(CCCc1c[nH]c2ccccc12)OCC(=O)c1ccccc1Cl. The van der Waals surface area contributed by atoms with Gasteiger partial charge in [0.15, 0.2) is 6.61 Å². The number of H-pyrrole nitrogens is 1. The summed E-state index contributed by atoms with van der Waals surface area (Å²) in [6.07, 6.45) is 3.69. The number of rotatable bonds is 7. The zero-order chi connectivity index (χ0) is 17.6. The molecule has 0 aliphatic heterocycles. The summed E-state index contributed by atoms with van der Waals surface area (Å²) < 4.78 is 5.07. The van der Waals surface area contributed by atoms with Crippen molar-refractivity contribution in [1.29, 1.82) is 0 Å². The van der Waals surface area contributed by atoms with Gasteiger partial charge in [-0.1, -0.05) is 41.9 Å². The van der Waals surface area contributed by atoms with Crippen LogP contribution in [0.4, 0.5) is 0 Å². The fourth-order valence-electron chi connectivity index (χ4n) is 2.74. The molecule has 0 saturated carbocycles. The number of carbonyl (C=O) groups excluding carboxylic acids is 2. The van der Waals surface area contributed by atoms with Crippen molar-refractivity contribution < 1.29 is 14.3 Å². The van der Waals surface area contributed by atoms with Gasteiger partial charge in [-0.15, -0.1) is 0 Å². The van der Waals surface area contributed by atoms with E-state index in [-0.39, 0.29) is 24.8 Å². The molecule has 4 nitrogen and oxygen atoms in total. The Morgan fingerprint density at radius 1 is 1.04 bits per heavy atom. The second-order valence-corrected chi connectivity index (χ2v) is 6.18. The van der Waals surface area contributed by atoms with Crippen LogP contribution in [0.25, 0.3) is 10.9 Å². The number of fused-ring (bicyclic) bond motifs is 1. The van der Waals surface area contributed by atoms with Gasteiger partial charge in [0.25, 0.3) is 0 Å². The summed E-state index contributed by atoms with van der Waals surface area (Å²) in [5.74, 6) is -0.671. The van der Waals surface area contributed by atoms with Crippen LogP contribution in [0.15, 0.2) is 54.7 Å². The highest BCUT2D eigenvalue weighted by Crippen LogP contribution is 2.19. The Bertz CT molecular complexity index is 901. The highest BCUT2D eigenvalue weighted by molar-refractivity contribution is 6.34. The second kappa shape index (κ2) is 7.99. The zero-order valence-corrected chi connectivity index (χ0v) is 14.4. The lowest BCUT2D eigenvalue weighted by Gasteiger charge is -2.05. The number of esters is 1. The molecule has 0 aliphatic carbocycles. The number of benzene rings is 2. The minimum Gasteiger partial charge on any atom is -0.457 e. The number of nitrogens with one attached hydrogen (secondary N) is 1. The van der Waals surface area contributed by atoms with Gasteiger partial charge in [-0.25, -0.2) is 0 Å². The smallest absolute Gasteiger partial charge is 0.306 e. The molecule has 1 heterocycles. The van der Waals surface area contributed by atoms with Gasteiger partial charge in [0.1, 0.15) is 0 Å². The van der Waals surface area contributed by atoms with Crippen molar-refractivity contribution in [3.8, 4) is 0 Å². The molecule has 5 heteroatoms. The lowest BCUT2D eigenvalue weighted by Crippen LogP contribution is -2.14. The molecule has 0 saturated heterocycles. The topological polar surface area (TPSA) is 59.2 Å². The van der Waals surface area contributed by atoms with Gasteiger partial charge in [-0.2, -0.15) is 0 Å². The number of carbonyl (C=O) groups is 2. The van der Waals surface area contributed by atoms with Gasteiger partial charge in [0, 0.05) is 29.1 Å². The average Bonchev–Trinajstić information content (AvgIpc) is 3.03. The molecule has 2 aromatic carbocycles. The van der Waals surface area contributed by atoms with Gasteiger partial charge >= 0.3 is 5.97 Å². The first kappa shape index (κ1) is 17.2. The van der Waals surface area contributed by atoms with Crippen LogP contribution < -0.4 is 0 Å². The number of aryl methyl sites for hydroxylation is 1. The van der Waals surface area contributed by atoms with Gasteiger partial charge in [0.05, 0.1) is 5.02 Å². The number of hydrogen-bond donors (Lipinski definition) is 1. The highest BCUT2D eigenvalue weighted by atomic mass is 35.5. The number of hydrogen-bond acceptors (Lipinski definition) is 3. The number of aromatic nitrogens is 1. The summed E-state index contributed by atoms with van der Waals surface area (Å²) in [6.45, 7) is -0.282. The van der Waals surface area contributed by atoms with Crippen molar-refractivity contribution in [3.05, 3.63) is 70.9 Å². The van der Waals surface area contributed by atoms with Crippen molar-refractivity contribution in [3.63, 3.8) is 0 Å². The molecule has 25 heavy (non-hydrogen) atoms. The average molecular weight is 356 g/mol. The maximum atomic E-state index is 12.0. The highest BCUT2D eigenvalue weighted by Gasteiger charge is 2.13. The van der Waals surface area contributed by atoms with Crippen LogP contribution in [0.3, 0.4) is 0 Å². The van der Waals surface area contributed by atoms with Crippen molar-refractivity contribution in [1.82, 2.24) is 4.98 Å². The lowest BCUT2D eigenvalue weighted by atomic mass is 10.1. The van der Waals surface area contributed by atoms with E-state index in [1.54, 1.807) is 24.3 Å². The third-order valence-electron chi connectivity index (χ3n) is 4.04.